The Morgan fingerprint density at radius 3 is 2.64 bits per heavy atom. The Labute approximate surface area is 164 Å². The van der Waals surface area contributed by atoms with E-state index in [1.54, 1.807) is 6.07 Å². The Morgan fingerprint density at radius 1 is 1.00 bits per heavy atom. The van der Waals surface area contributed by atoms with E-state index < -0.39 is 0 Å². The van der Waals surface area contributed by atoms with Crippen molar-refractivity contribution in [1.82, 2.24) is 0 Å². The van der Waals surface area contributed by atoms with Crippen LogP contribution in [0.25, 0.3) is 16.3 Å². The Kier molecular flexibility index (Phi) is 3.70. The van der Waals surface area contributed by atoms with Crippen LogP contribution in [-0.2, 0) is 4.79 Å². The summed E-state index contributed by atoms with van der Waals surface area (Å²) >= 11 is 0. The fourth-order valence-electron chi connectivity index (χ4n) is 4.77. The summed E-state index contributed by atoms with van der Waals surface area (Å²) < 4.78 is 13.9. The Bertz CT molecular complexity index is 1160. The predicted molar refractivity (Wildman–Crippen MR) is 112 cm³/mol. The van der Waals surface area contributed by atoms with Crippen LogP contribution in [0.15, 0.2) is 66.2 Å². The van der Waals surface area contributed by atoms with Gasteiger partial charge in [0.1, 0.15) is 5.82 Å². The first kappa shape index (κ1) is 17.2. The van der Waals surface area contributed by atoms with Crippen molar-refractivity contribution in [1.29, 1.82) is 0 Å². The highest BCUT2D eigenvalue weighted by Gasteiger charge is 2.40. The smallest absolute Gasteiger partial charge is 0.162 e. The monoisotopic (exact) mass is 371 g/mol. The first-order chi connectivity index (χ1) is 13.4. The molecule has 1 aliphatic heterocycles. The van der Waals surface area contributed by atoms with Gasteiger partial charge in [-0.05, 0) is 51.9 Å². The van der Waals surface area contributed by atoms with Gasteiger partial charge in [-0.15, -0.1) is 0 Å². The fourth-order valence-corrected chi connectivity index (χ4v) is 4.77. The van der Waals surface area contributed by atoms with E-state index in [-0.39, 0.29) is 23.1 Å². The molecule has 1 unspecified atom stereocenters. The van der Waals surface area contributed by atoms with Gasteiger partial charge in [-0.25, -0.2) is 4.39 Å². The van der Waals surface area contributed by atoms with Gasteiger partial charge in [-0.2, -0.15) is 0 Å². The molecule has 0 amide bonds. The zero-order valence-electron chi connectivity index (χ0n) is 16.1. The zero-order valence-corrected chi connectivity index (χ0v) is 16.1. The van der Waals surface area contributed by atoms with Crippen LogP contribution in [0.3, 0.4) is 0 Å². The first-order valence-electron chi connectivity index (χ1n) is 9.73. The minimum Gasteiger partial charge on any atom is -0.373 e. The number of anilines is 1. The van der Waals surface area contributed by atoms with E-state index in [0.29, 0.717) is 6.42 Å². The van der Waals surface area contributed by atoms with Crippen molar-refractivity contribution in [2.24, 2.45) is 5.41 Å². The number of benzene rings is 3. The Balaban J connectivity index is 1.81. The number of Topliss-reactive ketones (excluding diaryl/α,β-unsaturated/α-hetero) is 1. The molecular weight excluding hydrogens is 349 g/mol. The van der Waals surface area contributed by atoms with E-state index in [1.165, 1.54) is 12.1 Å². The molecule has 0 radical (unpaired) electrons. The van der Waals surface area contributed by atoms with Gasteiger partial charge in [-0.1, -0.05) is 56.3 Å². The van der Waals surface area contributed by atoms with Gasteiger partial charge in [0.25, 0.3) is 0 Å². The molecule has 3 heteroatoms. The molecule has 3 aromatic carbocycles. The molecule has 2 aliphatic rings. The SMILES string of the molecule is CC1(C)CC(=O)C2=C(C1)c1c(ccc3ccccc13)NC2c1cccc(F)c1. The molecule has 28 heavy (non-hydrogen) atoms. The summed E-state index contributed by atoms with van der Waals surface area (Å²) in [6.45, 7) is 4.30. The molecule has 1 aliphatic carbocycles. The second kappa shape index (κ2) is 6.03. The van der Waals surface area contributed by atoms with Crippen LogP contribution in [0.2, 0.25) is 0 Å². The number of fused-ring (bicyclic) bond motifs is 4. The Morgan fingerprint density at radius 2 is 1.82 bits per heavy atom. The lowest BCUT2D eigenvalue weighted by Crippen LogP contribution is -2.33. The average Bonchev–Trinajstić information content (AvgIpc) is 2.66. The van der Waals surface area contributed by atoms with E-state index >= 15 is 0 Å². The van der Waals surface area contributed by atoms with Gasteiger partial charge in [-0.3, -0.25) is 4.79 Å². The van der Waals surface area contributed by atoms with E-state index in [4.69, 9.17) is 0 Å². The lowest BCUT2D eigenvalue weighted by molar-refractivity contribution is -0.118. The molecule has 2 nitrogen and oxygen atoms in total. The number of allylic oxidation sites excluding steroid dienone is 1. The van der Waals surface area contributed by atoms with Crippen LogP contribution >= 0.6 is 0 Å². The van der Waals surface area contributed by atoms with Gasteiger partial charge in [0, 0.05) is 23.2 Å². The number of nitrogens with one attached hydrogen (secondary N) is 1. The van der Waals surface area contributed by atoms with Crippen molar-refractivity contribution >= 4 is 27.8 Å². The summed E-state index contributed by atoms with van der Waals surface area (Å²) in [6.07, 6.45) is 1.35. The lowest BCUT2D eigenvalue weighted by atomic mass is 9.68. The number of hydrogen-bond donors (Lipinski definition) is 1. The molecule has 3 aromatic rings. The number of ketones is 1. The quantitative estimate of drug-likeness (QED) is 0.545. The summed E-state index contributed by atoms with van der Waals surface area (Å²) in [5, 5.41) is 5.86. The van der Waals surface area contributed by atoms with Crippen molar-refractivity contribution in [2.75, 3.05) is 5.32 Å². The van der Waals surface area contributed by atoms with E-state index in [0.717, 1.165) is 45.2 Å². The van der Waals surface area contributed by atoms with E-state index in [9.17, 15) is 9.18 Å². The number of carbonyl (C=O) groups is 1. The number of carbonyl (C=O) groups excluding carboxylic acids is 1. The highest BCUT2D eigenvalue weighted by Crippen LogP contribution is 2.51. The maximum absolute atomic E-state index is 13.9. The summed E-state index contributed by atoms with van der Waals surface area (Å²) in [5.41, 5.74) is 4.75. The van der Waals surface area contributed by atoms with Crippen LogP contribution in [0.4, 0.5) is 10.1 Å². The number of hydrogen-bond acceptors (Lipinski definition) is 2. The standard InChI is InChI=1S/C25H22FNO/c1-25(2)13-19-22-18-9-4-3-6-15(18)10-11-20(22)27-24(23(19)21(28)14-25)16-7-5-8-17(26)12-16/h3-12,24,27H,13-14H2,1-2H3. The van der Waals surface area contributed by atoms with Gasteiger partial charge in [0.2, 0.25) is 0 Å². The van der Waals surface area contributed by atoms with Crippen molar-refractivity contribution in [3.63, 3.8) is 0 Å². The molecule has 0 spiro atoms. The number of rotatable bonds is 1. The predicted octanol–water partition coefficient (Wildman–Crippen LogP) is 6.29. The fraction of sp³-hybridized carbons (Fsp3) is 0.240. The van der Waals surface area contributed by atoms with Crippen molar-refractivity contribution in [3.05, 3.63) is 83.2 Å². The average molecular weight is 371 g/mol. The summed E-state index contributed by atoms with van der Waals surface area (Å²) in [4.78, 5) is 13.3. The summed E-state index contributed by atoms with van der Waals surface area (Å²) in [5.74, 6) is -0.124. The lowest BCUT2D eigenvalue weighted by Gasteiger charge is -2.40. The molecule has 0 fully saturated rings. The minimum absolute atomic E-state index is 0.0893. The molecule has 0 saturated carbocycles. The maximum atomic E-state index is 13.9. The van der Waals surface area contributed by atoms with Crippen LogP contribution < -0.4 is 5.32 Å². The van der Waals surface area contributed by atoms with Crippen LogP contribution in [0, 0.1) is 11.2 Å². The van der Waals surface area contributed by atoms with Gasteiger partial charge >= 0.3 is 0 Å². The summed E-state index contributed by atoms with van der Waals surface area (Å²) in [7, 11) is 0. The van der Waals surface area contributed by atoms with Crippen LogP contribution in [-0.4, -0.2) is 5.78 Å². The topological polar surface area (TPSA) is 29.1 Å². The van der Waals surface area contributed by atoms with Crippen molar-refractivity contribution < 1.29 is 9.18 Å². The molecule has 1 atom stereocenters. The molecule has 0 bridgehead atoms. The second-order valence-electron chi connectivity index (χ2n) is 8.67. The molecule has 140 valence electrons. The van der Waals surface area contributed by atoms with E-state index in [2.05, 4.69) is 43.4 Å². The molecule has 1 N–H and O–H groups in total. The molecule has 0 aromatic heterocycles. The van der Waals surface area contributed by atoms with Crippen LogP contribution in [0.1, 0.15) is 43.9 Å². The highest BCUT2D eigenvalue weighted by molar-refractivity contribution is 6.12. The number of halogens is 1. The van der Waals surface area contributed by atoms with Gasteiger partial charge < -0.3 is 5.32 Å². The normalized spacial score (nSPS) is 20.5. The third-order valence-corrected chi connectivity index (χ3v) is 5.92. The van der Waals surface area contributed by atoms with Gasteiger partial charge in [0.15, 0.2) is 5.78 Å². The van der Waals surface area contributed by atoms with Gasteiger partial charge in [0.05, 0.1) is 6.04 Å². The minimum atomic E-state index is -0.317. The zero-order chi connectivity index (χ0) is 19.5. The van der Waals surface area contributed by atoms with Crippen molar-refractivity contribution in [3.8, 4) is 0 Å². The van der Waals surface area contributed by atoms with E-state index in [1.807, 2.05) is 18.2 Å². The molecule has 1 heterocycles. The largest absolute Gasteiger partial charge is 0.373 e. The van der Waals surface area contributed by atoms with Crippen LogP contribution in [0.5, 0.6) is 0 Å². The van der Waals surface area contributed by atoms with Crippen molar-refractivity contribution in [2.45, 2.75) is 32.7 Å². The second-order valence-corrected chi connectivity index (χ2v) is 8.67. The molecule has 0 saturated heterocycles. The Hall–Kier alpha value is -2.94. The summed E-state index contributed by atoms with van der Waals surface area (Å²) in [6, 6.07) is 18.7. The third-order valence-electron chi connectivity index (χ3n) is 5.92. The first-order valence-corrected chi connectivity index (χ1v) is 9.73. The highest BCUT2D eigenvalue weighted by atomic mass is 19.1. The third kappa shape index (κ3) is 2.65. The molecule has 5 rings (SSSR count). The maximum Gasteiger partial charge on any atom is 0.162 e. The molecular formula is C25H22FNO.